The number of halogens is 1. The van der Waals surface area contributed by atoms with Gasteiger partial charge in [-0.1, -0.05) is 6.07 Å². The van der Waals surface area contributed by atoms with Crippen LogP contribution in [0.5, 0.6) is 0 Å². The Balaban J connectivity index is 1.57. The van der Waals surface area contributed by atoms with E-state index in [4.69, 9.17) is 4.74 Å². The van der Waals surface area contributed by atoms with E-state index >= 15 is 0 Å². The highest BCUT2D eigenvalue weighted by atomic mass is 32.2. The number of amides is 1. The van der Waals surface area contributed by atoms with Crippen molar-refractivity contribution >= 4 is 15.9 Å². The van der Waals surface area contributed by atoms with Crippen molar-refractivity contribution in [1.82, 2.24) is 9.21 Å². The number of ether oxygens (including phenoxy) is 1. The van der Waals surface area contributed by atoms with Gasteiger partial charge >= 0.3 is 0 Å². The summed E-state index contributed by atoms with van der Waals surface area (Å²) >= 11 is 0. The number of nitrogens with zero attached hydrogens (tertiary/aromatic N) is 2. The Labute approximate surface area is 169 Å². The summed E-state index contributed by atoms with van der Waals surface area (Å²) < 4.78 is 46.7. The summed E-state index contributed by atoms with van der Waals surface area (Å²) in [4.78, 5) is 14.4. The van der Waals surface area contributed by atoms with E-state index in [0.717, 1.165) is 5.56 Å². The molecule has 0 bridgehead atoms. The smallest absolute Gasteiger partial charge is 0.254 e. The molecule has 2 aromatic rings. The zero-order valence-electron chi connectivity index (χ0n) is 16.2. The molecule has 0 radical (unpaired) electrons. The summed E-state index contributed by atoms with van der Waals surface area (Å²) in [5, 5.41) is 0. The van der Waals surface area contributed by atoms with Gasteiger partial charge in [0.25, 0.3) is 5.91 Å². The summed E-state index contributed by atoms with van der Waals surface area (Å²) in [5.74, 6) is -0.506. The molecule has 1 fully saturated rings. The van der Waals surface area contributed by atoms with Gasteiger partial charge in [-0.3, -0.25) is 4.79 Å². The Bertz CT molecular complexity index is 1020. The van der Waals surface area contributed by atoms with Crippen LogP contribution in [0.1, 0.15) is 34.5 Å². The average molecular weight is 418 g/mol. The van der Waals surface area contributed by atoms with Gasteiger partial charge < -0.3 is 9.64 Å². The molecule has 2 aliphatic rings. The van der Waals surface area contributed by atoms with E-state index in [1.165, 1.54) is 28.6 Å². The largest absolute Gasteiger partial charge is 0.378 e. The van der Waals surface area contributed by atoms with E-state index in [1.54, 1.807) is 30.0 Å². The van der Waals surface area contributed by atoms with Crippen molar-refractivity contribution in [3.05, 3.63) is 65.0 Å². The van der Waals surface area contributed by atoms with Gasteiger partial charge in [0, 0.05) is 31.2 Å². The SMILES string of the molecule is CC1c2cc(F)ccc2CCN1S(=O)(=O)c1ccc(C(=O)N2CCOCC2)cc1. The van der Waals surface area contributed by atoms with E-state index in [1.807, 2.05) is 0 Å². The third kappa shape index (κ3) is 3.80. The fourth-order valence-corrected chi connectivity index (χ4v) is 5.56. The van der Waals surface area contributed by atoms with Gasteiger partial charge in [0.2, 0.25) is 10.0 Å². The first-order valence-electron chi connectivity index (χ1n) is 9.65. The fraction of sp³-hybridized carbons (Fsp3) is 0.381. The number of rotatable bonds is 3. The molecule has 0 aromatic heterocycles. The molecule has 4 rings (SSSR count). The molecule has 29 heavy (non-hydrogen) atoms. The second-order valence-corrected chi connectivity index (χ2v) is 9.20. The summed E-state index contributed by atoms with van der Waals surface area (Å²) in [6.07, 6.45) is 0.535. The Kier molecular flexibility index (Phi) is 5.42. The van der Waals surface area contributed by atoms with Gasteiger partial charge in [0.1, 0.15) is 5.82 Å². The third-order valence-electron chi connectivity index (χ3n) is 5.60. The van der Waals surface area contributed by atoms with Gasteiger partial charge in [-0.2, -0.15) is 4.31 Å². The molecule has 0 N–H and O–H groups in total. The molecular formula is C21H23FN2O4S. The van der Waals surface area contributed by atoms with Crippen LogP contribution in [0.4, 0.5) is 4.39 Å². The molecule has 2 heterocycles. The average Bonchev–Trinajstić information content (AvgIpc) is 2.74. The number of carbonyl (C=O) groups is 1. The predicted molar refractivity (Wildman–Crippen MR) is 106 cm³/mol. The van der Waals surface area contributed by atoms with Crippen molar-refractivity contribution < 1.29 is 22.3 Å². The second-order valence-electron chi connectivity index (χ2n) is 7.31. The third-order valence-corrected chi connectivity index (χ3v) is 7.58. The zero-order valence-corrected chi connectivity index (χ0v) is 17.0. The minimum Gasteiger partial charge on any atom is -0.378 e. The van der Waals surface area contributed by atoms with Crippen LogP contribution in [0, 0.1) is 5.82 Å². The van der Waals surface area contributed by atoms with Crippen LogP contribution in [0.25, 0.3) is 0 Å². The lowest BCUT2D eigenvalue weighted by atomic mass is 9.95. The van der Waals surface area contributed by atoms with Gasteiger partial charge in [-0.15, -0.1) is 0 Å². The quantitative estimate of drug-likeness (QED) is 0.769. The maximum absolute atomic E-state index is 13.7. The number of hydrogen-bond donors (Lipinski definition) is 0. The minimum atomic E-state index is -3.77. The summed E-state index contributed by atoms with van der Waals surface area (Å²) in [7, 11) is -3.77. The van der Waals surface area contributed by atoms with Crippen LogP contribution in [-0.4, -0.2) is 56.4 Å². The highest BCUT2D eigenvalue weighted by Gasteiger charge is 2.34. The zero-order chi connectivity index (χ0) is 20.6. The molecule has 0 saturated carbocycles. The van der Waals surface area contributed by atoms with E-state index in [0.29, 0.717) is 50.4 Å². The van der Waals surface area contributed by atoms with E-state index in [-0.39, 0.29) is 16.6 Å². The van der Waals surface area contributed by atoms with Crippen LogP contribution in [0.2, 0.25) is 0 Å². The second kappa shape index (κ2) is 7.85. The number of carbonyl (C=O) groups excluding carboxylic acids is 1. The molecule has 6 nitrogen and oxygen atoms in total. The maximum atomic E-state index is 13.7. The van der Waals surface area contributed by atoms with Crippen molar-refractivity contribution in [2.75, 3.05) is 32.8 Å². The minimum absolute atomic E-state index is 0.128. The van der Waals surface area contributed by atoms with E-state index in [9.17, 15) is 17.6 Å². The van der Waals surface area contributed by atoms with E-state index in [2.05, 4.69) is 0 Å². The number of benzene rings is 2. The lowest BCUT2D eigenvalue weighted by molar-refractivity contribution is 0.0303. The Morgan fingerprint density at radius 3 is 2.45 bits per heavy atom. The Morgan fingerprint density at radius 1 is 1.07 bits per heavy atom. The molecule has 2 aromatic carbocycles. The molecule has 1 unspecified atom stereocenters. The topological polar surface area (TPSA) is 66.9 Å². The van der Waals surface area contributed by atoms with Crippen molar-refractivity contribution in [1.29, 1.82) is 0 Å². The summed E-state index contributed by atoms with van der Waals surface area (Å²) in [6, 6.07) is 10.1. The molecule has 1 amide bonds. The lowest BCUT2D eigenvalue weighted by Crippen LogP contribution is -2.40. The lowest BCUT2D eigenvalue weighted by Gasteiger charge is -2.34. The normalized spacial score (nSPS) is 20.3. The van der Waals surface area contributed by atoms with Crippen LogP contribution in [0.3, 0.4) is 0 Å². The number of sulfonamides is 1. The molecule has 0 aliphatic carbocycles. The first-order chi connectivity index (χ1) is 13.9. The van der Waals surface area contributed by atoms with Crippen molar-refractivity contribution in [3.8, 4) is 0 Å². The van der Waals surface area contributed by atoms with Crippen molar-refractivity contribution in [3.63, 3.8) is 0 Å². The molecular weight excluding hydrogens is 395 g/mol. The highest BCUT2D eigenvalue weighted by molar-refractivity contribution is 7.89. The number of fused-ring (bicyclic) bond motifs is 1. The molecule has 0 spiro atoms. The van der Waals surface area contributed by atoms with Gasteiger partial charge in [0.05, 0.1) is 18.1 Å². The molecule has 2 aliphatic heterocycles. The van der Waals surface area contributed by atoms with Crippen molar-refractivity contribution in [2.45, 2.75) is 24.3 Å². The maximum Gasteiger partial charge on any atom is 0.254 e. The highest BCUT2D eigenvalue weighted by Crippen LogP contribution is 2.34. The van der Waals surface area contributed by atoms with Crippen LogP contribution >= 0.6 is 0 Å². The van der Waals surface area contributed by atoms with Crippen LogP contribution in [0.15, 0.2) is 47.4 Å². The fourth-order valence-electron chi connectivity index (χ4n) is 3.94. The number of hydrogen-bond acceptors (Lipinski definition) is 4. The predicted octanol–water partition coefficient (Wildman–Crippen LogP) is 2.61. The first-order valence-corrected chi connectivity index (χ1v) is 11.1. The molecule has 1 saturated heterocycles. The summed E-state index contributed by atoms with van der Waals surface area (Å²) in [6.45, 7) is 4.17. The number of morpholine rings is 1. The molecule has 154 valence electrons. The van der Waals surface area contributed by atoms with Crippen molar-refractivity contribution in [2.24, 2.45) is 0 Å². The summed E-state index contributed by atoms with van der Waals surface area (Å²) in [5.41, 5.74) is 2.11. The first kappa shape index (κ1) is 20.0. The van der Waals surface area contributed by atoms with Gasteiger partial charge in [0.15, 0.2) is 0 Å². The molecule has 8 heteroatoms. The molecule has 1 atom stereocenters. The van der Waals surface area contributed by atoms with Gasteiger partial charge in [-0.05, 0) is 60.9 Å². The van der Waals surface area contributed by atoms with Crippen LogP contribution < -0.4 is 0 Å². The Morgan fingerprint density at radius 2 is 1.76 bits per heavy atom. The van der Waals surface area contributed by atoms with Gasteiger partial charge in [-0.25, -0.2) is 12.8 Å². The van der Waals surface area contributed by atoms with E-state index < -0.39 is 16.1 Å². The standard InChI is InChI=1S/C21H23FN2O4S/c1-15-20-14-18(22)5-2-16(20)8-9-24(15)29(26,27)19-6-3-17(4-7-19)21(25)23-10-12-28-13-11-23/h2-7,14-15H,8-13H2,1H3. The van der Waals surface area contributed by atoms with Crippen LogP contribution in [-0.2, 0) is 21.2 Å². The monoisotopic (exact) mass is 418 g/mol. The Hall–Kier alpha value is -2.29.